The molecule has 0 aromatic heterocycles. The third kappa shape index (κ3) is 16.8. The van der Waals surface area contributed by atoms with E-state index in [9.17, 15) is 0 Å². The van der Waals surface area contributed by atoms with E-state index in [4.69, 9.17) is 71.1 Å². The Bertz CT molecular complexity index is 2370. The molecule has 17 heteroatoms. The molecule has 5 heterocycles. The standard InChI is InChI=1S/C56H62I2O15/c57-41-25-51(56(52(58)26-41)68-22-17-63-31-48-36-73-48)55(49-23-39(5-11-53(49)66-20-15-61-29-46-34-71-46)37-1-7-42(8-2-37)64-18-13-59-27-44-32-69-44)50-24-40(6-12-54(50)67-21-16-62-30-47-35-72-47)38-3-9-43(10-4-38)65-19-14-60-28-45-33-70-45/h1-12,23-26,44-48,55H,13-22,27-36H2. The third-order valence-electron chi connectivity index (χ3n) is 12.3. The van der Waals surface area contributed by atoms with Crippen LogP contribution in [-0.4, -0.2) is 163 Å². The fraction of sp³-hybridized carbons (Fsp3) is 0.464. The fourth-order valence-corrected chi connectivity index (χ4v) is 10.1. The number of hydrogen-bond acceptors (Lipinski definition) is 15. The van der Waals surface area contributed by atoms with Crippen LogP contribution in [-0.2, 0) is 47.4 Å². The Labute approximate surface area is 453 Å². The summed E-state index contributed by atoms with van der Waals surface area (Å²) in [6, 6.07) is 33.4. The summed E-state index contributed by atoms with van der Waals surface area (Å²) in [6.07, 6.45) is 0.883. The van der Waals surface area contributed by atoms with Crippen molar-refractivity contribution in [2.24, 2.45) is 0 Å². The summed E-state index contributed by atoms with van der Waals surface area (Å²) in [5.41, 5.74) is 6.75. The number of ether oxygens (including phenoxy) is 15. The lowest BCUT2D eigenvalue weighted by atomic mass is 9.81. The van der Waals surface area contributed by atoms with Gasteiger partial charge in [-0.2, -0.15) is 0 Å². The molecule has 15 nitrogen and oxygen atoms in total. The minimum absolute atomic E-state index is 0.148. The van der Waals surface area contributed by atoms with E-state index >= 15 is 0 Å². The Morgan fingerprint density at radius 2 is 0.712 bits per heavy atom. The Morgan fingerprint density at radius 1 is 0.370 bits per heavy atom. The fourth-order valence-electron chi connectivity index (χ4n) is 8.06. The lowest BCUT2D eigenvalue weighted by Crippen LogP contribution is -2.16. The molecule has 390 valence electrons. The highest BCUT2D eigenvalue weighted by Gasteiger charge is 2.31. The first kappa shape index (κ1) is 52.6. The highest BCUT2D eigenvalue weighted by atomic mass is 127. The second-order valence-electron chi connectivity index (χ2n) is 18.2. The normalized spacial score (nSPS) is 20.5. The molecule has 0 amide bonds. The first-order valence-electron chi connectivity index (χ1n) is 25.1. The van der Waals surface area contributed by atoms with Gasteiger partial charge in [0.2, 0.25) is 0 Å². The van der Waals surface area contributed by atoms with Crippen LogP contribution in [0.1, 0.15) is 22.6 Å². The Balaban J connectivity index is 1.01. The Hall–Kier alpha value is -3.84. The molecule has 0 radical (unpaired) electrons. The smallest absolute Gasteiger partial charge is 0.136 e. The van der Waals surface area contributed by atoms with Gasteiger partial charge in [-0.1, -0.05) is 36.4 Å². The van der Waals surface area contributed by atoms with Gasteiger partial charge in [0.1, 0.15) is 92.3 Å². The average Bonchev–Trinajstić information content (AvgIpc) is 4.18. The van der Waals surface area contributed by atoms with E-state index in [1.54, 1.807) is 0 Å². The van der Waals surface area contributed by atoms with Crippen molar-refractivity contribution in [1.82, 2.24) is 0 Å². The maximum atomic E-state index is 6.81. The second-order valence-corrected chi connectivity index (χ2v) is 20.6. The summed E-state index contributed by atoms with van der Waals surface area (Å²) in [4.78, 5) is 0. The van der Waals surface area contributed by atoms with Crippen LogP contribution in [0.4, 0.5) is 0 Å². The maximum Gasteiger partial charge on any atom is 0.136 e. The molecule has 5 unspecified atom stereocenters. The predicted octanol–water partition coefficient (Wildman–Crippen LogP) is 8.38. The van der Waals surface area contributed by atoms with Crippen LogP contribution in [0.3, 0.4) is 0 Å². The summed E-state index contributed by atoms with van der Waals surface area (Å²) in [7, 11) is 0. The first-order chi connectivity index (χ1) is 36.0. The van der Waals surface area contributed by atoms with Crippen LogP contribution >= 0.6 is 45.2 Å². The van der Waals surface area contributed by atoms with E-state index in [0.29, 0.717) is 111 Å². The van der Waals surface area contributed by atoms with Gasteiger partial charge in [0, 0.05) is 26.2 Å². The van der Waals surface area contributed by atoms with Gasteiger partial charge in [-0.15, -0.1) is 0 Å². The molecule has 73 heavy (non-hydrogen) atoms. The van der Waals surface area contributed by atoms with Crippen LogP contribution in [0.15, 0.2) is 97.1 Å². The zero-order valence-electron chi connectivity index (χ0n) is 40.7. The Morgan fingerprint density at radius 3 is 1.08 bits per heavy atom. The topological polar surface area (TPSA) is 155 Å². The van der Waals surface area contributed by atoms with Crippen LogP contribution in [0.2, 0.25) is 0 Å². The van der Waals surface area contributed by atoms with E-state index in [0.717, 1.165) is 96.4 Å². The van der Waals surface area contributed by atoms with Crippen molar-refractivity contribution in [2.75, 3.05) is 132 Å². The van der Waals surface area contributed by atoms with Crippen molar-refractivity contribution >= 4 is 45.2 Å². The van der Waals surface area contributed by atoms with Gasteiger partial charge >= 0.3 is 0 Å². The van der Waals surface area contributed by atoms with E-state index in [-0.39, 0.29) is 30.5 Å². The molecule has 5 aliphatic heterocycles. The maximum absolute atomic E-state index is 6.81. The largest absolute Gasteiger partial charge is 0.491 e. The summed E-state index contributed by atoms with van der Waals surface area (Å²) < 4.78 is 90.6. The molecule has 5 aromatic rings. The number of epoxide rings is 5. The number of halogens is 2. The quantitative estimate of drug-likeness (QED) is 0.0165. The van der Waals surface area contributed by atoms with Crippen LogP contribution in [0.25, 0.3) is 22.3 Å². The van der Waals surface area contributed by atoms with Gasteiger partial charge < -0.3 is 71.1 Å². The van der Waals surface area contributed by atoms with Crippen molar-refractivity contribution in [2.45, 2.75) is 36.4 Å². The van der Waals surface area contributed by atoms with E-state index in [1.807, 2.05) is 24.3 Å². The van der Waals surface area contributed by atoms with Crippen molar-refractivity contribution in [1.29, 1.82) is 0 Å². The molecule has 5 aliphatic rings. The minimum Gasteiger partial charge on any atom is -0.491 e. The first-order valence-corrected chi connectivity index (χ1v) is 27.2. The molecule has 5 atom stereocenters. The van der Waals surface area contributed by atoms with Gasteiger partial charge in [0.25, 0.3) is 0 Å². The van der Waals surface area contributed by atoms with E-state index < -0.39 is 5.92 Å². The van der Waals surface area contributed by atoms with E-state index in [2.05, 4.69) is 118 Å². The number of hydrogen-bond donors (Lipinski definition) is 0. The summed E-state index contributed by atoms with van der Waals surface area (Å²) in [5, 5.41) is 0. The van der Waals surface area contributed by atoms with Gasteiger partial charge in [0.05, 0.1) is 103 Å². The number of rotatable bonds is 35. The van der Waals surface area contributed by atoms with Gasteiger partial charge in [0.15, 0.2) is 0 Å². The zero-order valence-corrected chi connectivity index (χ0v) is 45.0. The molecule has 0 spiro atoms. The van der Waals surface area contributed by atoms with Crippen molar-refractivity contribution in [3.8, 4) is 51.0 Å². The molecular weight excluding hydrogens is 1170 g/mol. The van der Waals surface area contributed by atoms with Gasteiger partial charge in [-0.25, -0.2) is 0 Å². The summed E-state index contributed by atoms with van der Waals surface area (Å²) >= 11 is 4.78. The highest BCUT2D eigenvalue weighted by molar-refractivity contribution is 14.1. The van der Waals surface area contributed by atoms with Crippen molar-refractivity contribution in [3.63, 3.8) is 0 Å². The molecule has 5 saturated heterocycles. The molecule has 0 saturated carbocycles. The monoisotopic (exact) mass is 1230 g/mol. The highest BCUT2D eigenvalue weighted by Crippen LogP contribution is 2.48. The van der Waals surface area contributed by atoms with Gasteiger partial charge in [-0.3, -0.25) is 0 Å². The summed E-state index contributed by atoms with van der Waals surface area (Å²) in [6.45, 7) is 10.5. The van der Waals surface area contributed by atoms with Crippen molar-refractivity contribution < 1.29 is 71.1 Å². The minimum atomic E-state index is -0.488. The Kier molecular flexibility index (Phi) is 19.3. The lowest BCUT2D eigenvalue weighted by molar-refractivity contribution is 0.0866. The molecule has 0 bridgehead atoms. The van der Waals surface area contributed by atoms with Crippen LogP contribution in [0, 0.1) is 7.14 Å². The lowest BCUT2D eigenvalue weighted by Gasteiger charge is -2.28. The third-order valence-corrected chi connectivity index (χ3v) is 13.8. The van der Waals surface area contributed by atoms with Crippen LogP contribution in [0.5, 0.6) is 28.7 Å². The molecule has 0 N–H and O–H groups in total. The van der Waals surface area contributed by atoms with E-state index in [1.165, 1.54) is 0 Å². The van der Waals surface area contributed by atoms with Crippen LogP contribution < -0.4 is 23.7 Å². The molecular formula is C56H62I2O15. The number of benzene rings is 5. The van der Waals surface area contributed by atoms with Crippen molar-refractivity contribution in [3.05, 3.63) is 121 Å². The molecule has 5 aromatic carbocycles. The summed E-state index contributed by atoms with van der Waals surface area (Å²) in [5.74, 6) is 3.17. The zero-order chi connectivity index (χ0) is 49.6. The molecule has 0 aliphatic carbocycles. The average molecular weight is 1230 g/mol. The van der Waals surface area contributed by atoms with Gasteiger partial charge in [-0.05, 0) is 128 Å². The SMILES string of the molecule is Ic1cc(I)c(OCCOCC2CO2)c(C(c2cc(-c3ccc(OCCOCC4CO4)cc3)ccc2OCCOCC2CO2)c2cc(-c3ccc(OCCOCC4CO4)cc3)ccc2OCCOCC2CO2)c1. The predicted molar refractivity (Wildman–Crippen MR) is 287 cm³/mol. The molecule has 10 rings (SSSR count). The molecule has 5 fully saturated rings. The second kappa shape index (κ2) is 26.8.